The van der Waals surface area contributed by atoms with Gasteiger partial charge < -0.3 is 9.47 Å². The molecule has 0 aliphatic carbocycles. The fraction of sp³-hybridized carbons (Fsp3) is 0.278. The zero-order valence-corrected chi connectivity index (χ0v) is 24.5. The molecule has 3 aromatic rings. The van der Waals surface area contributed by atoms with E-state index in [4.69, 9.17) is 9.47 Å². The van der Waals surface area contributed by atoms with E-state index >= 15 is 0 Å². The summed E-state index contributed by atoms with van der Waals surface area (Å²) in [6.07, 6.45) is 3.69. The zero-order valence-electron chi connectivity index (χ0n) is 24.5. The summed E-state index contributed by atoms with van der Waals surface area (Å²) in [5.74, 6) is -1.48. The minimum atomic E-state index is -0.683. The first kappa shape index (κ1) is 30.5. The molecule has 226 valence electrons. The van der Waals surface area contributed by atoms with Gasteiger partial charge in [0.2, 0.25) is 5.91 Å². The summed E-state index contributed by atoms with van der Waals surface area (Å²) >= 11 is 0. The van der Waals surface area contributed by atoms with Crippen molar-refractivity contribution >= 4 is 24.0 Å². The van der Waals surface area contributed by atoms with Gasteiger partial charge in [0, 0.05) is 17.9 Å². The molecule has 0 N–H and O–H groups in total. The molecular formula is C36H36N2O6. The quantitative estimate of drug-likeness (QED) is 0.192. The van der Waals surface area contributed by atoms with Gasteiger partial charge in [-0.3, -0.25) is 9.59 Å². The first-order chi connectivity index (χ1) is 21.4. The average Bonchev–Trinajstić information content (AvgIpc) is 3.60. The second-order valence-electron chi connectivity index (χ2n) is 11.1. The summed E-state index contributed by atoms with van der Waals surface area (Å²) in [7, 11) is 0. The third-order valence-corrected chi connectivity index (χ3v) is 7.97. The highest BCUT2D eigenvalue weighted by atomic mass is 16.6. The van der Waals surface area contributed by atoms with Crippen LogP contribution in [0.5, 0.6) is 0 Å². The van der Waals surface area contributed by atoms with E-state index in [0.29, 0.717) is 24.8 Å². The summed E-state index contributed by atoms with van der Waals surface area (Å²) in [4.78, 5) is 55.9. The van der Waals surface area contributed by atoms with Gasteiger partial charge in [-0.1, -0.05) is 103 Å². The van der Waals surface area contributed by atoms with Gasteiger partial charge in [0.25, 0.3) is 5.91 Å². The second kappa shape index (κ2) is 14.5. The predicted octanol–water partition coefficient (Wildman–Crippen LogP) is 5.92. The van der Waals surface area contributed by atoms with Crippen LogP contribution >= 0.6 is 0 Å². The fourth-order valence-corrected chi connectivity index (χ4v) is 5.70. The number of rotatable bonds is 12. The molecular weight excluding hydrogens is 556 g/mol. The van der Waals surface area contributed by atoms with Crippen LogP contribution in [0.3, 0.4) is 0 Å². The third kappa shape index (κ3) is 7.32. The predicted molar refractivity (Wildman–Crippen MR) is 165 cm³/mol. The van der Waals surface area contributed by atoms with Crippen LogP contribution in [0.1, 0.15) is 29.5 Å². The molecule has 8 nitrogen and oxygen atoms in total. The largest absolute Gasteiger partial charge is 0.447 e. The number of hydrogen-bond acceptors (Lipinski definition) is 6. The van der Waals surface area contributed by atoms with E-state index in [9.17, 15) is 19.2 Å². The topological polar surface area (TPSA) is 93.2 Å². The van der Waals surface area contributed by atoms with E-state index in [1.165, 1.54) is 9.80 Å². The summed E-state index contributed by atoms with van der Waals surface area (Å²) < 4.78 is 10.6. The highest BCUT2D eigenvalue weighted by Gasteiger charge is 2.41. The number of hydrogen-bond donors (Lipinski definition) is 0. The van der Waals surface area contributed by atoms with Gasteiger partial charge >= 0.3 is 12.2 Å². The number of cyclic esters (lactones) is 2. The van der Waals surface area contributed by atoms with Crippen molar-refractivity contribution in [2.75, 3.05) is 13.2 Å². The lowest BCUT2D eigenvalue weighted by atomic mass is 9.94. The van der Waals surface area contributed by atoms with Crippen LogP contribution < -0.4 is 0 Å². The molecule has 4 amide bonds. The molecule has 0 saturated carbocycles. The number of carbonyl (C=O) groups is 4. The molecule has 0 radical (unpaired) electrons. The molecule has 0 bridgehead atoms. The molecule has 0 unspecified atom stereocenters. The van der Waals surface area contributed by atoms with E-state index in [2.05, 4.69) is 6.58 Å². The number of benzene rings is 3. The van der Waals surface area contributed by atoms with E-state index in [0.717, 1.165) is 16.7 Å². The van der Waals surface area contributed by atoms with Crippen LogP contribution in [0.15, 0.2) is 115 Å². The van der Waals surface area contributed by atoms with Crippen molar-refractivity contribution in [2.45, 2.75) is 44.2 Å². The Morgan fingerprint density at radius 1 is 0.727 bits per heavy atom. The molecule has 0 spiro atoms. The lowest BCUT2D eigenvalue weighted by Crippen LogP contribution is -2.43. The first-order valence-electron chi connectivity index (χ1n) is 14.9. The maximum absolute atomic E-state index is 14.0. The Kier molecular flexibility index (Phi) is 10.0. The molecule has 2 aliphatic heterocycles. The first-order valence-corrected chi connectivity index (χ1v) is 14.9. The monoisotopic (exact) mass is 592 g/mol. The molecule has 0 aromatic heterocycles. The Labute approximate surface area is 257 Å². The molecule has 2 heterocycles. The van der Waals surface area contributed by atoms with Crippen LogP contribution in [0.2, 0.25) is 0 Å². The smallest absolute Gasteiger partial charge is 0.417 e. The van der Waals surface area contributed by atoms with Gasteiger partial charge in [0.05, 0.1) is 12.1 Å². The molecule has 2 saturated heterocycles. The highest BCUT2D eigenvalue weighted by Crippen LogP contribution is 2.26. The summed E-state index contributed by atoms with van der Waals surface area (Å²) in [5, 5.41) is 0. The van der Waals surface area contributed by atoms with Crippen molar-refractivity contribution in [3.8, 4) is 0 Å². The number of allylic oxidation sites excluding steroid dienone is 2. The Morgan fingerprint density at radius 2 is 1.20 bits per heavy atom. The van der Waals surface area contributed by atoms with Crippen LogP contribution in [-0.4, -0.2) is 59.1 Å². The van der Waals surface area contributed by atoms with Crippen LogP contribution in [0, 0.1) is 5.92 Å². The van der Waals surface area contributed by atoms with Gasteiger partial charge in [0.15, 0.2) is 0 Å². The average molecular weight is 593 g/mol. The van der Waals surface area contributed by atoms with Gasteiger partial charge in [-0.2, -0.15) is 0 Å². The number of carbonyl (C=O) groups excluding carboxylic acids is 4. The lowest BCUT2D eigenvalue weighted by Gasteiger charge is -2.25. The summed E-state index contributed by atoms with van der Waals surface area (Å²) in [5.41, 5.74) is 3.24. The van der Waals surface area contributed by atoms with Gasteiger partial charge in [0.1, 0.15) is 13.2 Å². The lowest BCUT2D eigenvalue weighted by molar-refractivity contribution is -0.133. The SMILES string of the molecule is C=CC[C@@H](CC=C(Cc1ccccc1)C(=O)N1C(=O)OC[C@@H]1Cc1ccccc1)C(=O)N1C(=O)OC[C@@H]1Cc1ccccc1. The maximum atomic E-state index is 14.0. The fourth-order valence-electron chi connectivity index (χ4n) is 5.70. The van der Waals surface area contributed by atoms with Crippen molar-refractivity contribution in [1.29, 1.82) is 0 Å². The number of nitrogens with zero attached hydrogens (tertiary/aromatic N) is 2. The normalized spacial score (nSPS) is 19.0. The minimum absolute atomic E-state index is 0.107. The van der Waals surface area contributed by atoms with Crippen molar-refractivity contribution in [1.82, 2.24) is 9.80 Å². The summed E-state index contributed by atoms with van der Waals surface area (Å²) in [6.45, 7) is 4.05. The Balaban J connectivity index is 1.39. The van der Waals surface area contributed by atoms with Crippen molar-refractivity contribution in [3.63, 3.8) is 0 Å². The highest BCUT2D eigenvalue weighted by molar-refractivity contribution is 6.04. The van der Waals surface area contributed by atoms with E-state index in [1.54, 1.807) is 12.2 Å². The molecule has 2 aliphatic rings. The van der Waals surface area contributed by atoms with Crippen LogP contribution in [0.25, 0.3) is 0 Å². The van der Waals surface area contributed by atoms with Crippen molar-refractivity contribution in [3.05, 3.63) is 132 Å². The minimum Gasteiger partial charge on any atom is -0.447 e. The van der Waals surface area contributed by atoms with Gasteiger partial charge in [-0.25, -0.2) is 19.4 Å². The summed E-state index contributed by atoms with van der Waals surface area (Å²) in [6, 6.07) is 27.9. The second-order valence-corrected chi connectivity index (χ2v) is 11.1. The molecule has 3 atom stereocenters. The van der Waals surface area contributed by atoms with E-state index < -0.39 is 36.1 Å². The Morgan fingerprint density at radius 3 is 1.73 bits per heavy atom. The molecule has 8 heteroatoms. The maximum Gasteiger partial charge on any atom is 0.417 e. The number of ether oxygens (including phenoxy) is 2. The Bertz CT molecular complexity index is 1510. The molecule has 44 heavy (non-hydrogen) atoms. The Hall–Kier alpha value is -4.98. The van der Waals surface area contributed by atoms with Gasteiger partial charge in [-0.15, -0.1) is 6.58 Å². The standard InChI is InChI=1S/C36H36N2O6/c1-2-12-29(33(39)37-31(24-43-35(37)41)22-27-15-8-4-9-16-27)19-20-30(21-26-13-6-3-7-14-26)34(40)38-32(25-44-36(38)42)23-28-17-10-5-11-18-28/h2-11,13-18,20,29,31-32H,1,12,19,21-25H2/t29-,31-,32-/m0/s1. The number of imide groups is 2. The number of amides is 4. The van der Waals surface area contributed by atoms with Crippen molar-refractivity contribution in [2.24, 2.45) is 5.92 Å². The van der Waals surface area contributed by atoms with Crippen LogP contribution in [-0.2, 0) is 38.3 Å². The zero-order chi connectivity index (χ0) is 30.9. The molecule has 5 rings (SSSR count). The molecule has 3 aromatic carbocycles. The van der Waals surface area contributed by atoms with Gasteiger partial charge in [-0.05, 0) is 42.4 Å². The van der Waals surface area contributed by atoms with E-state index in [-0.39, 0.29) is 32.0 Å². The van der Waals surface area contributed by atoms with Crippen molar-refractivity contribution < 1.29 is 28.7 Å². The van der Waals surface area contributed by atoms with E-state index in [1.807, 2.05) is 91.0 Å². The third-order valence-electron chi connectivity index (χ3n) is 7.97. The van der Waals surface area contributed by atoms with Crippen LogP contribution in [0.4, 0.5) is 9.59 Å². The molecule has 2 fully saturated rings.